The number of carbonyl (C=O) groups is 7. The van der Waals surface area contributed by atoms with Crippen molar-refractivity contribution in [3.8, 4) is 0 Å². The fourth-order valence-electron chi connectivity index (χ4n) is 5.34. The topological polar surface area (TPSA) is 295 Å². The molecule has 1 aromatic rings. The number of rotatable bonds is 13. The van der Waals surface area contributed by atoms with Gasteiger partial charge in [-0.25, -0.2) is 22.8 Å². The Labute approximate surface area is 406 Å². The number of amides is 5. The highest BCUT2D eigenvalue weighted by molar-refractivity contribution is 7.98. The maximum Gasteiger partial charge on any atom is 0.408 e. The van der Waals surface area contributed by atoms with Crippen LogP contribution in [0.1, 0.15) is 100.0 Å². The van der Waals surface area contributed by atoms with Crippen LogP contribution in [0.5, 0.6) is 0 Å². The number of esters is 1. The van der Waals surface area contributed by atoms with Crippen molar-refractivity contribution in [2.24, 2.45) is 5.92 Å². The Balaban J connectivity index is 0. The van der Waals surface area contributed by atoms with Gasteiger partial charge in [0.05, 0.1) is 17.2 Å². The van der Waals surface area contributed by atoms with Crippen LogP contribution >= 0.6 is 23.5 Å². The van der Waals surface area contributed by atoms with Gasteiger partial charge in [0.15, 0.2) is 6.04 Å². The van der Waals surface area contributed by atoms with Crippen LogP contribution in [0.15, 0.2) is 29.2 Å². The molecule has 23 heteroatoms. The number of aryl methyl sites for hydroxylation is 1. The molecular weight excluding hydrogens is 933 g/mol. The van der Waals surface area contributed by atoms with Gasteiger partial charge in [0.1, 0.15) is 39.0 Å². The summed E-state index contributed by atoms with van der Waals surface area (Å²) in [5, 5.41) is 16.3. The van der Waals surface area contributed by atoms with E-state index in [4.69, 9.17) is 19.3 Å². The van der Waals surface area contributed by atoms with Crippen molar-refractivity contribution in [2.75, 3.05) is 58.2 Å². The summed E-state index contributed by atoms with van der Waals surface area (Å²) in [6.07, 6.45) is 5.44. The SMILES string of the molecule is CN1CC[C@@H](CC(=O)OC(C)(C)C)C1=O.CN1CC[C@@H]([NH3+])C1=O.CNC(=O)[C@@H](CCSC)NC(=O)OC(C)(C)C.CSCC[C@@H](NC(=O)OC(C)(C)C)C(=O)O.Cc1ccc(S(=O)(=O)[O-])cc1. The van der Waals surface area contributed by atoms with Crippen LogP contribution in [-0.4, -0.2) is 163 Å². The molecule has 0 saturated carbocycles. The third-order valence-corrected chi connectivity index (χ3v) is 10.8. The van der Waals surface area contributed by atoms with E-state index in [0.29, 0.717) is 18.6 Å². The minimum Gasteiger partial charge on any atom is -0.744 e. The van der Waals surface area contributed by atoms with E-state index < -0.39 is 57.2 Å². The second-order valence-electron chi connectivity index (χ2n) is 18.5. The first-order valence-electron chi connectivity index (χ1n) is 21.6. The number of hydrogen-bond acceptors (Lipinski definition) is 15. The monoisotopic (exact) mass is 1010 g/mol. The van der Waals surface area contributed by atoms with Crippen LogP contribution in [-0.2, 0) is 48.3 Å². The predicted molar refractivity (Wildman–Crippen MR) is 258 cm³/mol. The number of likely N-dealkylation sites (tertiary alicyclic amines) is 2. The van der Waals surface area contributed by atoms with E-state index in [2.05, 4.69) is 21.7 Å². The fraction of sp³-hybridized carbons (Fsp3) is 0.705. The number of nitrogens with one attached hydrogen (secondary N) is 3. The van der Waals surface area contributed by atoms with Crippen LogP contribution in [0.25, 0.3) is 0 Å². The molecule has 2 fully saturated rings. The van der Waals surface area contributed by atoms with E-state index in [0.717, 1.165) is 37.2 Å². The molecule has 386 valence electrons. The molecule has 0 aromatic heterocycles. The average Bonchev–Trinajstić information content (AvgIpc) is 3.65. The smallest absolute Gasteiger partial charge is 0.408 e. The first-order chi connectivity index (χ1) is 30.6. The van der Waals surface area contributed by atoms with Gasteiger partial charge in [0, 0.05) is 40.7 Å². The maximum atomic E-state index is 11.5. The molecule has 0 spiro atoms. The molecule has 5 amide bonds. The maximum absolute atomic E-state index is 11.5. The van der Waals surface area contributed by atoms with Crippen LogP contribution < -0.4 is 21.7 Å². The Bertz CT molecular complexity index is 1820. The van der Waals surface area contributed by atoms with Crippen molar-refractivity contribution < 1.29 is 71.6 Å². The minimum absolute atomic E-state index is 0.0278. The van der Waals surface area contributed by atoms with Gasteiger partial charge in [-0.3, -0.25) is 19.2 Å². The molecule has 1 aromatic carbocycles. The molecule has 0 bridgehead atoms. The largest absolute Gasteiger partial charge is 0.744 e. The van der Waals surface area contributed by atoms with Gasteiger partial charge in [0.2, 0.25) is 11.8 Å². The summed E-state index contributed by atoms with van der Waals surface area (Å²) in [7, 11) is 0.852. The predicted octanol–water partition coefficient (Wildman–Crippen LogP) is 3.65. The molecule has 20 nitrogen and oxygen atoms in total. The van der Waals surface area contributed by atoms with E-state index in [1.807, 2.05) is 47.3 Å². The lowest BCUT2D eigenvalue weighted by atomic mass is 10.0. The molecule has 0 aliphatic carbocycles. The molecule has 3 rings (SSSR count). The second-order valence-corrected chi connectivity index (χ2v) is 21.8. The molecule has 0 unspecified atom stereocenters. The van der Waals surface area contributed by atoms with Crippen molar-refractivity contribution in [3.05, 3.63) is 29.8 Å². The Morgan fingerprint density at radius 1 is 0.776 bits per heavy atom. The van der Waals surface area contributed by atoms with Gasteiger partial charge in [-0.2, -0.15) is 23.5 Å². The van der Waals surface area contributed by atoms with E-state index in [1.165, 1.54) is 23.9 Å². The molecule has 4 atom stereocenters. The van der Waals surface area contributed by atoms with Crippen molar-refractivity contribution in [1.29, 1.82) is 0 Å². The number of nitrogens with zero attached hydrogens (tertiary/aromatic N) is 2. The number of quaternary nitrogens is 1. The second kappa shape index (κ2) is 30.9. The third-order valence-electron chi connectivity index (χ3n) is 8.68. The number of aliphatic carboxylic acids is 1. The summed E-state index contributed by atoms with van der Waals surface area (Å²) in [4.78, 5) is 82.2. The number of alkyl carbamates (subject to hydrolysis) is 2. The van der Waals surface area contributed by atoms with Gasteiger partial charge in [-0.1, -0.05) is 17.7 Å². The van der Waals surface area contributed by atoms with Crippen molar-refractivity contribution in [2.45, 2.75) is 141 Å². The number of benzene rings is 1. The number of hydrogen-bond donors (Lipinski definition) is 5. The van der Waals surface area contributed by atoms with Gasteiger partial charge >= 0.3 is 24.1 Å². The van der Waals surface area contributed by atoms with Crippen LogP contribution in [0.3, 0.4) is 0 Å². The minimum atomic E-state index is -4.27. The van der Waals surface area contributed by atoms with E-state index >= 15 is 0 Å². The van der Waals surface area contributed by atoms with Gasteiger partial charge in [-0.05, 0) is 125 Å². The molecule has 67 heavy (non-hydrogen) atoms. The van der Waals surface area contributed by atoms with Gasteiger partial charge < -0.3 is 55.4 Å². The fourth-order valence-corrected chi connectivity index (χ4v) is 6.75. The van der Waals surface area contributed by atoms with Crippen LogP contribution in [0.4, 0.5) is 9.59 Å². The van der Waals surface area contributed by atoms with Crippen molar-refractivity contribution in [1.82, 2.24) is 25.8 Å². The summed E-state index contributed by atoms with van der Waals surface area (Å²) in [6, 6.07) is 4.38. The van der Waals surface area contributed by atoms with Crippen molar-refractivity contribution >= 4 is 75.5 Å². The number of carboxylic acid groups (broad SMARTS) is 1. The number of carboxylic acids is 1. The molecule has 7 N–H and O–H groups in total. The first kappa shape index (κ1) is 64.8. The molecule has 2 aliphatic rings. The van der Waals surface area contributed by atoms with Crippen LogP contribution in [0.2, 0.25) is 0 Å². The highest BCUT2D eigenvalue weighted by atomic mass is 32.2. The standard InChI is InChI=1S/C11H22N2O3S.C11H19NO3.C10H19NO4S.C7H8O3S.C5H10N2O/c1-11(2,3)16-10(15)13-8(6-7-17-5)9(14)12-4;1-11(2,3)15-9(13)7-8-5-6-12(4)10(8)14;1-10(2,3)15-9(14)11-7(8(12)13)5-6-16-4;1-6-2-4-7(5-3-6)11(8,9)10;1-7-3-2-4(6)5(7)8/h8H,6-7H2,1-5H3,(H,12,14)(H,13,15);8H,5-7H2,1-4H3;7H,5-6H2,1-4H3,(H,11,14)(H,12,13);2-5H,1H3,(H,8,9,10);4H,2-3,6H2,1H3/t2*8-;7-;;4-/m101.1/s1. The molecule has 2 saturated heterocycles. The quantitative estimate of drug-likeness (QED) is 0.107. The highest BCUT2D eigenvalue weighted by Gasteiger charge is 2.32. The summed E-state index contributed by atoms with van der Waals surface area (Å²) in [5.41, 5.74) is 2.96. The zero-order valence-corrected chi connectivity index (χ0v) is 44.5. The van der Waals surface area contributed by atoms with Crippen molar-refractivity contribution in [3.63, 3.8) is 0 Å². The molecular formula is C44H78N6O14S3. The Hall–Kier alpha value is -4.32. The first-order valence-corrected chi connectivity index (χ1v) is 25.8. The lowest BCUT2D eigenvalue weighted by Crippen LogP contribution is -2.64. The molecule has 2 aliphatic heterocycles. The van der Waals surface area contributed by atoms with Gasteiger partial charge in [-0.15, -0.1) is 0 Å². The zero-order chi connectivity index (χ0) is 52.5. The third kappa shape index (κ3) is 32.1. The summed E-state index contributed by atoms with van der Waals surface area (Å²) < 4.78 is 46.4. The summed E-state index contributed by atoms with van der Waals surface area (Å²) in [6.45, 7) is 19.4. The molecule has 2 heterocycles. The highest BCUT2D eigenvalue weighted by Crippen LogP contribution is 2.22. The average molecular weight is 1010 g/mol. The van der Waals surface area contributed by atoms with Crippen LogP contribution in [0, 0.1) is 12.8 Å². The van der Waals surface area contributed by atoms with Gasteiger partial charge in [0.25, 0.3) is 5.91 Å². The summed E-state index contributed by atoms with van der Waals surface area (Å²) >= 11 is 3.16. The normalized spacial score (nSPS) is 16.7. The number of ether oxygens (including phenoxy) is 3. The zero-order valence-electron chi connectivity index (χ0n) is 42.1. The van der Waals surface area contributed by atoms with E-state index in [1.54, 1.807) is 89.3 Å². The van der Waals surface area contributed by atoms with E-state index in [-0.39, 0.29) is 47.0 Å². The Morgan fingerprint density at radius 3 is 1.51 bits per heavy atom. The van der Waals surface area contributed by atoms with E-state index in [9.17, 15) is 46.5 Å². The Kier molecular flexibility index (Phi) is 29.9. The molecule has 0 radical (unpaired) electrons. The Morgan fingerprint density at radius 2 is 1.19 bits per heavy atom. The number of carbonyl (C=O) groups excluding carboxylic acids is 6. The number of likely N-dealkylation sites (N-methyl/N-ethyl adjacent to an activating group) is 2. The lowest BCUT2D eigenvalue weighted by molar-refractivity contribution is -0.401. The number of thioether (sulfide) groups is 2. The summed E-state index contributed by atoms with van der Waals surface area (Å²) in [5.74, 6) is 0.0115. The lowest BCUT2D eigenvalue weighted by Gasteiger charge is -2.22.